The Labute approximate surface area is 125 Å². The molecular formula is C15H12N4O3. The van der Waals surface area contributed by atoms with Gasteiger partial charge in [-0.3, -0.25) is 0 Å². The van der Waals surface area contributed by atoms with Crippen molar-refractivity contribution in [2.24, 2.45) is 0 Å². The van der Waals surface area contributed by atoms with Crippen molar-refractivity contribution < 1.29 is 14.6 Å². The van der Waals surface area contributed by atoms with E-state index in [4.69, 9.17) is 9.84 Å². The molecule has 3 rings (SSSR count). The molecule has 0 radical (unpaired) electrons. The van der Waals surface area contributed by atoms with E-state index in [2.05, 4.69) is 15.1 Å². The quantitative estimate of drug-likeness (QED) is 0.792. The maximum Gasteiger partial charge on any atom is 0.356 e. The normalized spacial score (nSPS) is 10.4. The molecule has 7 heteroatoms. The van der Waals surface area contributed by atoms with Crippen molar-refractivity contribution in [1.82, 2.24) is 19.7 Å². The second-order valence-corrected chi connectivity index (χ2v) is 4.41. The van der Waals surface area contributed by atoms with Gasteiger partial charge in [-0.2, -0.15) is 5.10 Å². The molecule has 0 aromatic carbocycles. The fourth-order valence-corrected chi connectivity index (χ4v) is 2.00. The number of nitrogens with zero attached hydrogens (tertiary/aromatic N) is 4. The summed E-state index contributed by atoms with van der Waals surface area (Å²) in [5.41, 5.74) is 1.24. The molecule has 3 aromatic heterocycles. The summed E-state index contributed by atoms with van der Waals surface area (Å²) in [6, 6.07) is 10.3. The number of carboxylic acid groups (broad SMARTS) is 1. The summed E-state index contributed by atoms with van der Waals surface area (Å²) < 4.78 is 6.50. The molecule has 0 saturated carbocycles. The van der Waals surface area contributed by atoms with E-state index in [1.165, 1.54) is 17.9 Å². The van der Waals surface area contributed by atoms with E-state index >= 15 is 0 Å². The molecule has 0 saturated heterocycles. The topological polar surface area (TPSA) is 90.1 Å². The molecule has 0 fully saturated rings. The van der Waals surface area contributed by atoms with E-state index in [0.29, 0.717) is 23.0 Å². The number of rotatable bonds is 4. The molecular weight excluding hydrogens is 284 g/mol. The van der Waals surface area contributed by atoms with Gasteiger partial charge in [-0.1, -0.05) is 6.07 Å². The van der Waals surface area contributed by atoms with E-state index in [9.17, 15) is 4.79 Å². The van der Waals surface area contributed by atoms with Gasteiger partial charge in [0.25, 0.3) is 0 Å². The average Bonchev–Trinajstić information content (AvgIpc) is 3.01. The maximum absolute atomic E-state index is 11.2. The Morgan fingerprint density at radius 1 is 1.23 bits per heavy atom. The van der Waals surface area contributed by atoms with Crippen LogP contribution in [-0.2, 0) is 0 Å². The zero-order chi connectivity index (χ0) is 15.5. The largest absolute Gasteiger partial charge is 0.481 e. The first-order valence-corrected chi connectivity index (χ1v) is 6.44. The minimum absolute atomic E-state index is 0.0588. The molecule has 0 amide bonds. The number of aromatic carboxylic acids is 1. The van der Waals surface area contributed by atoms with Crippen LogP contribution in [0, 0.1) is 0 Å². The Bertz CT molecular complexity index is 797. The number of hydrogen-bond donors (Lipinski definition) is 1. The van der Waals surface area contributed by atoms with Crippen LogP contribution >= 0.6 is 0 Å². The smallest absolute Gasteiger partial charge is 0.356 e. The lowest BCUT2D eigenvalue weighted by Gasteiger charge is -2.06. The van der Waals surface area contributed by atoms with Gasteiger partial charge in [-0.05, 0) is 24.3 Å². The van der Waals surface area contributed by atoms with Crippen molar-refractivity contribution >= 4 is 5.97 Å². The predicted molar refractivity (Wildman–Crippen MR) is 78.1 cm³/mol. The molecule has 0 spiro atoms. The van der Waals surface area contributed by atoms with Gasteiger partial charge < -0.3 is 9.84 Å². The third kappa shape index (κ3) is 2.51. The van der Waals surface area contributed by atoms with E-state index in [1.807, 2.05) is 0 Å². The molecule has 0 aliphatic rings. The fourth-order valence-electron chi connectivity index (χ4n) is 2.00. The molecule has 0 unspecified atom stereocenters. The van der Waals surface area contributed by atoms with Crippen molar-refractivity contribution in [2.45, 2.75) is 0 Å². The molecule has 22 heavy (non-hydrogen) atoms. The zero-order valence-corrected chi connectivity index (χ0v) is 11.7. The van der Waals surface area contributed by atoms with Crippen LogP contribution in [0.4, 0.5) is 0 Å². The lowest BCUT2D eigenvalue weighted by molar-refractivity contribution is 0.0690. The van der Waals surface area contributed by atoms with Crippen molar-refractivity contribution in [3.8, 4) is 23.0 Å². The molecule has 110 valence electrons. The van der Waals surface area contributed by atoms with Gasteiger partial charge >= 0.3 is 5.97 Å². The van der Waals surface area contributed by atoms with Crippen LogP contribution in [-0.4, -0.2) is 37.9 Å². The Morgan fingerprint density at radius 3 is 2.68 bits per heavy atom. The monoisotopic (exact) mass is 296 g/mol. The number of carboxylic acids is 1. The highest BCUT2D eigenvalue weighted by Gasteiger charge is 2.16. The number of ether oxygens (including phenoxy) is 1. The summed E-state index contributed by atoms with van der Waals surface area (Å²) >= 11 is 0. The van der Waals surface area contributed by atoms with Crippen molar-refractivity contribution in [3.05, 3.63) is 54.5 Å². The van der Waals surface area contributed by atoms with Gasteiger partial charge in [0.05, 0.1) is 12.8 Å². The Hall–Kier alpha value is -3.22. The van der Waals surface area contributed by atoms with E-state index in [-0.39, 0.29) is 5.69 Å². The molecule has 3 aromatic rings. The molecule has 3 heterocycles. The van der Waals surface area contributed by atoms with Crippen LogP contribution < -0.4 is 4.74 Å². The highest BCUT2D eigenvalue weighted by atomic mass is 16.5. The molecule has 1 N–H and O–H groups in total. The summed E-state index contributed by atoms with van der Waals surface area (Å²) in [4.78, 5) is 19.5. The van der Waals surface area contributed by atoms with Gasteiger partial charge in [-0.25, -0.2) is 19.4 Å². The second-order valence-electron chi connectivity index (χ2n) is 4.41. The zero-order valence-electron chi connectivity index (χ0n) is 11.7. The minimum Gasteiger partial charge on any atom is -0.481 e. The average molecular weight is 296 g/mol. The fraction of sp³-hybridized carbons (Fsp3) is 0.0667. The summed E-state index contributed by atoms with van der Waals surface area (Å²) in [7, 11) is 1.53. The third-order valence-electron chi connectivity index (χ3n) is 3.04. The number of pyridine rings is 2. The van der Waals surface area contributed by atoms with Gasteiger partial charge in [0, 0.05) is 24.0 Å². The molecule has 0 bridgehead atoms. The van der Waals surface area contributed by atoms with E-state index in [0.717, 1.165) is 0 Å². The summed E-state index contributed by atoms with van der Waals surface area (Å²) in [6.45, 7) is 0. The van der Waals surface area contributed by atoms with Crippen molar-refractivity contribution in [3.63, 3.8) is 0 Å². The Balaban J connectivity index is 2.14. The van der Waals surface area contributed by atoms with Crippen LogP contribution in [0.5, 0.6) is 5.88 Å². The molecule has 7 nitrogen and oxygen atoms in total. The van der Waals surface area contributed by atoms with Gasteiger partial charge in [0.2, 0.25) is 5.88 Å². The lowest BCUT2D eigenvalue weighted by Crippen LogP contribution is -2.03. The SMILES string of the molecule is COc1ccc(-c2cc(C(=O)O)nn2-c2ccccn2)cn1. The molecule has 0 atom stereocenters. The second kappa shape index (κ2) is 5.65. The summed E-state index contributed by atoms with van der Waals surface area (Å²) in [5.74, 6) is -0.0932. The van der Waals surface area contributed by atoms with Gasteiger partial charge in [0.15, 0.2) is 11.5 Å². The summed E-state index contributed by atoms with van der Waals surface area (Å²) in [5, 5.41) is 13.3. The Kier molecular flexibility index (Phi) is 3.53. The minimum atomic E-state index is -1.10. The van der Waals surface area contributed by atoms with Crippen LogP contribution in [0.3, 0.4) is 0 Å². The lowest BCUT2D eigenvalue weighted by atomic mass is 10.2. The number of hydrogen-bond acceptors (Lipinski definition) is 5. The number of aromatic nitrogens is 4. The van der Waals surface area contributed by atoms with Crippen molar-refractivity contribution in [2.75, 3.05) is 7.11 Å². The van der Waals surface area contributed by atoms with Gasteiger partial charge in [0.1, 0.15) is 0 Å². The standard InChI is InChI=1S/C15H12N4O3/c1-22-14-6-5-10(9-17-14)12-8-11(15(20)21)18-19(12)13-4-2-3-7-16-13/h2-9H,1H3,(H,20,21). The molecule has 0 aliphatic heterocycles. The highest BCUT2D eigenvalue weighted by Crippen LogP contribution is 2.24. The molecule has 0 aliphatic carbocycles. The highest BCUT2D eigenvalue weighted by molar-refractivity contribution is 5.87. The van der Waals surface area contributed by atoms with Crippen LogP contribution in [0.1, 0.15) is 10.5 Å². The predicted octanol–water partition coefficient (Wildman–Crippen LogP) is 2.04. The van der Waals surface area contributed by atoms with Crippen LogP contribution in [0.25, 0.3) is 17.1 Å². The third-order valence-corrected chi connectivity index (χ3v) is 3.04. The first-order chi connectivity index (χ1) is 10.7. The van der Waals surface area contributed by atoms with E-state index in [1.54, 1.807) is 42.7 Å². The van der Waals surface area contributed by atoms with Crippen LogP contribution in [0.15, 0.2) is 48.8 Å². The summed E-state index contributed by atoms with van der Waals surface area (Å²) in [6.07, 6.45) is 3.22. The first kappa shape index (κ1) is 13.7. The Morgan fingerprint density at radius 2 is 2.09 bits per heavy atom. The maximum atomic E-state index is 11.2. The van der Waals surface area contributed by atoms with E-state index < -0.39 is 5.97 Å². The van der Waals surface area contributed by atoms with Crippen LogP contribution in [0.2, 0.25) is 0 Å². The van der Waals surface area contributed by atoms with Crippen molar-refractivity contribution in [1.29, 1.82) is 0 Å². The number of carbonyl (C=O) groups is 1. The number of methoxy groups -OCH3 is 1. The first-order valence-electron chi connectivity index (χ1n) is 6.44. The van der Waals surface area contributed by atoms with Gasteiger partial charge in [-0.15, -0.1) is 0 Å².